The molecule has 3 rings (SSSR count). The molecule has 0 aliphatic carbocycles. The predicted molar refractivity (Wildman–Crippen MR) is 160 cm³/mol. The van der Waals surface area contributed by atoms with Crippen LogP contribution in [0.1, 0.15) is 74.4 Å². The van der Waals surface area contributed by atoms with Crippen molar-refractivity contribution in [3.8, 4) is 5.75 Å². The number of benzene rings is 1. The van der Waals surface area contributed by atoms with Gasteiger partial charge in [0.15, 0.2) is 5.82 Å². The molecule has 0 spiro atoms. The van der Waals surface area contributed by atoms with E-state index in [9.17, 15) is 19.2 Å². The number of amides is 4. The number of rotatable bonds is 8. The van der Waals surface area contributed by atoms with E-state index in [1.165, 1.54) is 11.8 Å². The van der Waals surface area contributed by atoms with Crippen molar-refractivity contribution < 1.29 is 28.4 Å². The maximum atomic E-state index is 13.7. The maximum Gasteiger partial charge on any atom is 0.258 e. The Bertz CT molecular complexity index is 1230. The number of fused-ring (bicyclic) bond motifs is 1. The summed E-state index contributed by atoms with van der Waals surface area (Å²) in [6.45, 7) is 5.81. The van der Waals surface area contributed by atoms with E-state index in [1.807, 2.05) is 11.8 Å². The minimum atomic E-state index is -0.699. The lowest BCUT2D eigenvalue weighted by molar-refractivity contribution is -0.135. The number of likely N-dealkylation sites (N-methyl/N-ethyl adjacent to an activating group) is 2. The normalized spacial score (nSPS) is 17.4. The molecule has 1 aromatic heterocycles. The number of carbonyl (C=O) groups is 4. The van der Waals surface area contributed by atoms with Crippen LogP contribution in [0.4, 0.5) is 0 Å². The number of ether oxygens (including phenoxy) is 1. The lowest BCUT2D eigenvalue weighted by Crippen LogP contribution is -2.49. The summed E-state index contributed by atoms with van der Waals surface area (Å²) in [5, 5.41) is 3.90. The van der Waals surface area contributed by atoms with Gasteiger partial charge in [-0.1, -0.05) is 24.2 Å². The zero-order valence-electron chi connectivity index (χ0n) is 26.2. The van der Waals surface area contributed by atoms with Crippen molar-refractivity contribution in [2.45, 2.75) is 71.3 Å². The highest BCUT2D eigenvalue weighted by Gasteiger charge is 2.31. The number of hydrogen-bond acceptors (Lipinski definition) is 8. The fourth-order valence-electron chi connectivity index (χ4n) is 4.99. The van der Waals surface area contributed by atoms with E-state index in [2.05, 4.69) is 10.1 Å². The average molecular weight is 599 g/mol. The Kier molecular flexibility index (Phi) is 13.0. The van der Waals surface area contributed by atoms with Crippen LogP contribution in [0.25, 0.3) is 0 Å². The van der Waals surface area contributed by atoms with Gasteiger partial charge in [0.05, 0.1) is 12.2 Å². The third-order valence-electron chi connectivity index (χ3n) is 7.81. The Labute approximate surface area is 254 Å². The highest BCUT2D eigenvalue weighted by Crippen LogP contribution is 2.23. The van der Waals surface area contributed by atoms with Crippen LogP contribution >= 0.6 is 0 Å². The predicted octanol–water partition coefficient (Wildman–Crippen LogP) is 2.81. The Morgan fingerprint density at radius 1 is 1.07 bits per heavy atom. The standard InChI is InChI=1S/C31H46N6O6/c1-6-27-32-28(43-33-27)16-17-29(39)37-20-10-9-18-35(4)31(41)25(14-11-19-34(3)23(2)38)36(5)30(40)24-13-7-8-15-26(24)42-22-12-21-37/h7-8,13,15,25H,6,9-12,14,16-22H2,1-5H3/t25-/m0/s1. The van der Waals surface area contributed by atoms with E-state index in [-0.39, 0.29) is 30.0 Å². The molecule has 43 heavy (non-hydrogen) atoms. The van der Waals surface area contributed by atoms with Gasteiger partial charge in [0, 0.05) is 73.5 Å². The first kappa shape index (κ1) is 33.5. The van der Waals surface area contributed by atoms with Gasteiger partial charge in [-0.05, 0) is 44.2 Å². The summed E-state index contributed by atoms with van der Waals surface area (Å²) in [4.78, 5) is 63.1. The van der Waals surface area contributed by atoms with Crippen molar-refractivity contribution in [1.82, 2.24) is 29.7 Å². The van der Waals surface area contributed by atoms with Gasteiger partial charge in [0.1, 0.15) is 11.8 Å². The summed E-state index contributed by atoms with van der Waals surface area (Å²) in [5.74, 6) is 0.988. The quantitative estimate of drug-likeness (QED) is 0.454. The van der Waals surface area contributed by atoms with Gasteiger partial charge in [0.25, 0.3) is 5.91 Å². The molecule has 4 amide bonds. The van der Waals surface area contributed by atoms with E-state index in [0.29, 0.717) is 94.3 Å². The van der Waals surface area contributed by atoms with Crippen LogP contribution in [-0.4, -0.2) is 113 Å². The lowest BCUT2D eigenvalue weighted by atomic mass is 10.1. The molecule has 0 fully saturated rings. The minimum absolute atomic E-state index is 0.00501. The fraction of sp³-hybridized carbons (Fsp3) is 0.613. The smallest absolute Gasteiger partial charge is 0.258 e. The Hall–Kier alpha value is -3.96. The molecule has 0 saturated carbocycles. The summed E-state index contributed by atoms with van der Waals surface area (Å²) in [5.41, 5.74) is 0.373. The van der Waals surface area contributed by atoms with E-state index in [1.54, 1.807) is 55.2 Å². The average Bonchev–Trinajstić information content (AvgIpc) is 3.47. The van der Waals surface area contributed by atoms with Crippen LogP contribution in [0.5, 0.6) is 5.75 Å². The second-order valence-electron chi connectivity index (χ2n) is 11.0. The van der Waals surface area contributed by atoms with Gasteiger partial charge in [-0.15, -0.1) is 0 Å². The van der Waals surface area contributed by atoms with E-state index in [4.69, 9.17) is 9.26 Å². The van der Waals surface area contributed by atoms with Crippen LogP contribution in [0.3, 0.4) is 0 Å². The number of aryl methyl sites for hydroxylation is 2. The summed E-state index contributed by atoms with van der Waals surface area (Å²) in [7, 11) is 5.11. The highest BCUT2D eigenvalue weighted by molar-refractivity contribution is 5.99. The topological polar surface area (TPSA) is 129 Å². The Balaban J connectivity index is 1.75. The zero-order valence-corrected chi connectivity index (χ0v) is 26.2. The molecule has 0 bridgehead atoms. The van der Waals surface area contributed by atoms with Crippen LogP contribution in [0.2, 0.25) is 0 Å². The Morgan fingerprint density at radius 3 is 2.51 bits per heavy atom. The molecular weight excluding hydrogens is 552 g/mol. The van der Waals surface area contributed by atoms with Gasteiger partial charge in [-0.2, -0.15) is 4.98 Å². The fourth-order valence-corrected chi connectivity index (χ4v) is 4.99. The van der Waals surface area contributed by atoms with E-state index in [0.717, 1.165) is 6.42 Å². The summed E-state index contributed by atoms with van der Waals surface area (Å²) in [6.07, 6.45) is 4.30. The number of para-hydroxylation sites is 1. The molecule has 12 heteroatoms. The van der Waals surface area contributed by atoms with Gasteiger partial charge < -0.3 is 28.9 Å². The first-order valence-electron chi connectivity index (χ1n) is 15.2. The van der Waals surface area contributed by atoms with Crippen molar-refractivity contribution in [2.24, 2.45) is 0 Å². The molecule has 12 nitrogen and oxygen atoms in total. The monoisotopic (exact) mass is 598 g/mol. The molecule has 1 atom stereocenters. The third-order valence-corrected chi connectivity index (χ3v) is 7.81. The Morgan fingerprint density at radius 2 is 1.79 bits per heavy atom. The molecule has 1 aliphatic rings. The minimum Gasteiger partial charge on any atom is -0.493 e. The maximum absolute atomic E-state index is 13.7. The van der Waals surface area contributed by atoms with Crippen molar-refractivity contribution in [2.75, 3.05) is 53.9 Å². The van der Waals surface area contributed by atoms with Crippen LogP contribution in [0.15, 0.2) is 28.8 Å². The van der Waals surface area contributed by atoms with Crippen molar-refractivity contribution >= 4 is 23.6 Å². The molecule has 1 aliphatic heterocycles. The number of nitrogens with zero attached hydrogens (tertiary/aromatic N) is 6. The zero-order chi connectivity index (χ0) is 31.4. The third kappa shape index (κ3) is 9.79. The molecule has 0 saturated heterocycles. The lowest BCUT2D eigenvalue weighted by Gasteiger charge is -2.32. The SMILES string of the molecule is CCc1noc(CCC(=O)N2CCCCN(C)C(=O)[C@H](CCCN(C)C(C)=O)N(C)C(=O)c3ccccc3OCCC2)n1. The van der Waals surface area contributed by atoms with Crippen LogP contribution in [-0.2, 0) is 27.2 Å². The first-order valence-corrected chi connectivity index (χ1v) is 15.2. The molecule has 1 aromatic carbocycles. The highest BCUT2D eigenvalue weighted by atomic mass is 16.5. The second-order valence-corrected chi connectivity index (χ2v) is 11.0. The van der Waals surface area contributed by atoms with Gasteiger partial charge in [0.2, 0.25) is 23.6 Å². The molecule has 0 unspecified atom stereocenters. The molecule has 236 valence electrons. The summed E-state index contributed by atoms with van der Waals surface area (Å²) < 4.78 is 11.3. The van der Waals surface area contributed by atoms with Crippen molar-refractivity contribution in [3.63, 3.8) is 0 Å². The molecule has 0 radical (unpaired) electrons. The molecule has 2 heterocycles. The molecule has 0 N–H and O–H groups in total. The van der Waals surface area contributed by atoms with E-state index < -0.39 is 6.04 Å². The number of aromatic nitrogens is 2. The van der Waals surface area contributed by atoms with Gasteiger partial charge in [-0.3, -0.25) is 19.2 Å². The first-order chi connectivity index (χ1) is 20.6. The second kappa shape index (κ2) is 16.6. The summed E-state index contributed by atoms with van der Waals surface area (Å²) in [6, 6.07) is 6.31. The van der Waals surface area contributed by atoms with Crippen LogP contribution < -0.4 is 4.74 Å². The van der Waals surface area contributed by atoms with Crippen molar-refractivity contribution in [3.05, 3.63) is 41.5 Å². The van der Waals surface area contributed by atoms with E-state index >= 15 is 0 Å². The summed E-state index contributed by atoms with van der Waals surface area (Å²) >= 11 is 0. The largest absolute Gasteiger partial charge is 0.493 e. The van der Waals surface area contributed by atoms with Gasteiger partial charge >= 0.3 is 0 Å². The number of carbonyl (C=O) groups excluding carboxylic acids is 4. The van der Waals surface area contributed by atoms with Crippen LogP contribution in [0, 0.1) is 0 Å². The number of hydrogen-bond donors (Lipinski definition) is 0. The molecular formula is C31H46N6O6. The van der Waals surface area contributed by atoms with Crippen molar-refractivity contribution in [1.29, 1.82) is 0 Å². The van der Waals surface area contributed by atoms with Gasteiger partial charge in [-0.25, -0.2) is 0 Å². The molecule has 2 aromatic rings.